The molecule has 16 heavy (non-hydrogen) atoms. The molecule has 1 N–H and O–H groups in total. The van der Waals surface area contributed by atoms with Crippen LogP contribution in [0.1, 0.15) is 25.8 Å². The van der Waals surface area contributed by atoms with E-state index in [-0.39, 0.29) is 11.5 Å². The molecule has 0 unspecified atom stereocenters. The minimum Gasteiger partial charge on any atom is -0.508 e. The number of aryl methyl sites for hydroxylation is 1. The molecule has 86 valence electrons. The second-order valence-corrected chi connectivity index (χ2v) is 4.80. The average molecular weight is 236 g/mol. The molecule has 0 fully saturated rings. The summed E-state index contributed by atoms with van der Waals surface area (Å²) in [4.78, 5) is 13.1. The maximum Gasteiger partial charge on any atom is 0.153 e. The van der Waals surface area contributed by atoms with Gasteiger partial charge in [-0.05, 0) is 55.0 Å². The van der Waals surface area contributed by atoms with E-state index in [2.05, 4.69) is 0 Å². The highest BCUT2D eigenvalue weighted by Gasteiger charge is 2.04. The first-order valence-corrected chi connectivity index (χ1v) is 6.03. The Labute approximate surface area is 100 Å². The van der Waals surface area contributed by atoms with Crippen LogP contribution in [0.15, 0.2) is 34.1 Å². The molecule has 3 heteroatoms. The van der Waals surface area contributed by atoms with Gasteiger partial charge < -0.3 is 5.11 Å². The largest absolute Gasteiger partial charge is 0.508 e. The Balaban J connectivity index is 2.90. The summed E-state index contributed by atoms with van der Waals surface area (Å²) in [7, 11) is 0. The van der Waals surface area contributed by atoms with Gasteiger partial charge in [0.25, 0.3) is 0 Å². The summed E-state index contributed by atoms with van der Waals surface area (Å²) in [6, 6.07) is 5.26. The van der Waals surface area contributed by atoms with Gasteiger partial charge in [0.2, 0.25) is 0 Å². The van der Waals surface area contributed by atoms with E-state index in [1.165, 1.54) is 0 Å². The van der Waals surface area contributed by atoms with Crippen LogP contribution in [0.2, 0.25) is 0 Å². The van der Waals surface area contributed by atoms with Crippen molar-refractivity contribution < 1.29 is 9.90 Å². The van der Waals surface area contributed by atoms with Crippen molar-refractivity contribution in [2.24, 2.45) is 0 Å². The normalized spacial score (nSPS) is 11.6. The standard InChI is InChI=1S/C13H16O2S/c1-4-12(8-10(3)14)16-13-6-5-11(15)7-9(13)2/h5-8,15H,4H2,1-3H3/b12-8-. The monoisotopic (exact) mass is 236 g/mol. The van der Waals surface area contributed by atoms with Crippen molar-refractivity contribution >= 4 is 17.5 Å². The predicted octanol–water partition coefficient (Wildman–Crippen LogP) is 3.68. The molecule has 0 atom stereocenters. The third-order valence-electron chi connectivity index (χ3n) is 2.11. The van der Waals surface area contributed by atoms with Gasteiger partial charge in [0.15, 0.2) is 5.78 Å². The number of rotatable bonds is 4. The number of hydrogen-bond donors (Lipinski definition) is 1. The van der Waals surface area contributed by atoms with Gasteiger partial charge in [0, 0.05) is 4.90 Å². The Morgan fingerprint density at radius 1 is 1.50 bits per heavy atom. The van der Waals surface area contributed by atoms with Gasteiger partial charge in [-0.15, -0.1) is 0 Å². The topological polar surface area (TPSA) is 37.3 Å². The lowest BCUT2D eigenvalue weighted by Crippen LogP contribution is -1.86. The summed E-state index contributed by atoms with van der Waals surface area (Å²) in [5.41, 5.74) is 1.02. The molecular weight excluding hydrogens is 220 g/mol. The highest BCUT2D eigenvalue weighted by atomic mass is 32.2. The Morgan fingerprint density at radius 2 is 2.19 bits per heavy atom. The van der Waals surface area contributed by atoms with Gasteiger partial charge in [-0.2, -0.15) is 0 Å². The number of ketones is 1. The first-order valence-electron chi connectivity index (χ1n) is 5.21. The molecule has 0 heterocycles. The quantitative estimate of drug-likeness (QED) is 0.640. The molecule has 0 bridgehead atoms. The second kappa shape index (κ2) is 5.75. The number of carbonyl (C=O) groups excluding carboxylic acids is 1. The van der Waals surface area contributed by atoms with Gasteiger partial charge in [0.05, 0.1) is 0 Å². The predicted molar refractivity (Wildman–Crippen MR) is 67.8 cm³/mol. The molecule has 0 aliphatic heterocycles. The van der Waals surface area contributed by atoms with Crippen LogP contribution in [0.25, 0.3) is 0 Å². The zero-order valence-corrected chi connectivity index (χ0v) is 10.6. The molecule has 1 aromatic carbocycles. The summed E-state index contributed by atoms with van der Waals surface area (Å²) in [5.74, 6) is 0.344. The molecule has 0 radical (unpaired) electrons. The zero-order valence-electron chi connectivity index (χ0n) is 9.78. The van der Waals surface area contributed by atoms with Crippen LogP contribution in [0.4, 0.5) is 0 Å². The van der Waals surface area contributed by atoms with Crippen LogP contribution in [0, 0.1) is 6.92 Å². The Bertz CT molecular complexity index is 422. The smallest absolute Gasteiger partial charge is 0.153 e. The summed E-state index contributed by atoms with van der Waals surface area (Å²) in [6.07, 6.45) is 2.50. The van der Waals surface area contributed by atoms with Crippen LogP contribution in [0.3, 0.4) is 0 Å². The molecule has 0 aromatic heterocycles. The van der Waals surface area contributed by atoms with E-state index < -0.39 is 0 Å². The van der Waals surface area contributed by atoms with Crippen LogP contribution in [-0.4, -0.2) is 10.9 Å². The number of benzene rings is 1. The van der Waals surface area contributed by atoms with E-state index >= 15 is 0 Å². The first kappa shape index (κ1) is 12.8. The lowest BCUT2D eigenvalue weighted by atomic mass is 10.2. The van der Waals surface area contributed by atoms with Crippen LogP contribution < -0.4 is 0 Å². The molecule has 1 rings (SSSR count). The van der Waals surface area contributed by atoms with Crippen LogP contribution in [0.5, 0.6) is 5.75 Å². The zero-order chi connectivity index (χ0) is 12.1. The van der Waals surface area contributed by atoms with Crippen LogP contribution >= 0.6 is 11.8 Å². The summed E-state index contributed by atoms with van der Waals surface area (Å²) < 4.78 is 0. The number of phenolic OH excluding ortho intramolecular Hbond substituents is 1. The Hall–Kier alpha value is -1.22. The van der Waals surface area contributed by atoms with E-state index in [0.29, 0.717) is 0 Å². The number of allylic oxidation sites excluding steroid dienone is 2. The molecule has 0 saturated heterocycles. The van der Waals surface area contributed by atoms with E-state index in [1.807, 2.05) is 19.9 Å². The Kier molecular flexibility index (Phi) is 4.62. The number of aromatic hydroxyl groups is 1. The van der Waals surface area contributed by atoms with E-state index in [9.17, 15) is 9.90 Å². The maximum atomic E-state index is 11.0. The van der Waals surface area contributed by atoms with Crippen molar-refractivity contribution in [2.75, 3.05) is 0 Å². The number of phenols is 1. The lowest BCUT2D eigenvalue weighted by Gasteiger charge is -2.07. The summed E-state index contributed by atoms with van der Waals surface area (Å²) in [6.45, 7) is 5.53. The maximum absolute atomic E-state index is 11.0. The van der Waals surface area contributed by atoms with Crippen molar-refractivity contribution in [1.82, 2.24) is 0 Å². The van der Waals surface area contributed by atoms with Crippen molar-refractivity contribution in [1.29, 1.82) is 0 Å². The van der Waals surface area contributed by atoms with E-state index in [1.54, 1.807) is 36.9 Å². The van der Waals surface area contributed by atoms with Gasteiger partial charge in [0.1, 0.15) is 5.75 Å². The Morgan fingerprint density at radius 3 is 2.69 bits per heavy atom. The molecule has 0 amide bonds. The molecule has 1 aromatic rings. The molecule has 0 aliphatic carbocycles. The van der Waals surface area contributed by atoms with Gasteiger partial charge in [-0.1, -0.05) is 18.7 Å². The highest BCUT2D eigenvalue weighted by Crippen LogP contribution is 2.32. The average Bonchev–Trinajstić information content (AvgIpc) is 2.20. The number of thioether (sulfide) groups is 1. The minimum atomic E-state index is 0.0702. The van der Waals surface area contributed by atoms with E-state index in [0.717, 1.165) is 21.8 Å². The summed E-state index contributed by atoms with van der Waals surface area (Å²) >= 11 is 1.58. The molecular formula is C13H16O2S. The molecule has 0 spiro atoms. The van der Waals surface area contributed by atoms with Crippen molar-refractivity contribution in [3.63, 3.8) is 0 Å². The van der Waals surface area contributed by atoms with Crippen molar-refractivity contribution in [2.45, 2.75) is 32.1 Å². The number of carbonyl (C=O) groups is 1. The SMILES string of the molecule is CC/C(=C/C(C)=O)Sc1ccc(O)cc1C. The highest BCUT2D eigenvalue weighted by molar-refractivity contribution is 8.03. The van der Waals surface area contributed by atoms with Crippen LogP contribution in [-0.2, 0) is 4.79 Å². The lowest BCUT2D eigenvalue weighted by molar-refractivity contribution is -0.112. The second-order valence-electron chi connectivity index (χ2n) is 3.63. The van der Waals surface area contributed by atoms with Gasteiger partial charge in [-0.25, -0.2) is 0 Å². The summed E-state index contributed by atoms with van der Waals surface area (Å²) in [5, 5.41) is 9.30. The molecule has 2 nitrogen and oxygen atoms in total. The molecule has 0 aliphatic rings. The van der Waals surface area contributed by atoms with Crippen molar-refractivity contribution in [3.05, 3.63) is 34.7 Å². The minimum absolute atomic E-state index is 0.0702. The first-order chi connectivity index (χ1) is 7.52. The van der Waals surface area contributed by atoms with E-state index in [4.69, 9.17) is 0 Å². The van der Waals surface area contributed by atoms with Gasteiger partial charge in [-0.3, -0.25) is 4.79 Å². The third-order valence-corrected chi connectivity index (χ3v) is 3.46. The molecule has 0 saturated carbocycles. The third kappa shape index (κ3) is 3.74. The fourth-order valence-electron chi connectivity index (χ4n) is 1.32. The fraction of sp³-hybridized carbons (Fsp3) is 0.308. The van der Waals surface area contributed by atoms with Gasteiger partial charge >= 0.3 is 0 Å². The fourth-order valence-corrected chi connectivity index (χ4v) is 2.33. The number of hydrogen-bond acceptors (Lipinski definition) is 3. The van der Waals surface area contributed by atoms with Crippen molar-refractivity contribution in [3.8, 4) is 5.75 Å².